The molecular formula is C22H25N7O2S2. The molecule has 1 N–H and O–H groups in total. The van der Waals surface area contributed by atoms with E-state index in [1.165, 1.54) is 23.1 Å². The third-order valence-electron chi connectivity index (χ3n) is 5.06. The highest BCUT2D eigenvalue weighted by atomic mass is 32.2. The van der Waals surface area contributed by atoms with Crippen molar-refractivity contribution in [2.45, 2.75) is 37.4 Å². The molecule has 0 bridgehead atoms. The van der Waals surface area contributed by atoms with E-state index in [1.54, 1.807) is 13.3 Å². The Balaban J connectivity index is 1.39. The molecule has 0 spiro atoms. The van der Waals surface area contributed by atoms with E-state index >= 15 is 0 Å². The van der Waals surface area contributed by atoms with E-state index in [0.29, 0.717) is 16.9 Å². The molecule has 1 aliphatic rings. The van der Waals surface area contributed by atoms with Crippen LogP contribution in [0, 0.1) is 6.92 Å². The van der Waals surface area contributed by atoms with Gasteiger partial charge in [0.2, 0.25) is 11.0 Å². The third-order valence-corrected chi connectivity index (χ3v) is 6.89. The number of nitrogens with one attached hydrogen (secondary N) is 1. The second-order valence-electron chi connectivity index (χ2n) is 7.42. The summed E-state index contributed by atoms with van der Waals surface area (Å²) in [4.78, 5) is 16.7. The van der Waals surface area contributed by atoms with E-state index in [4.69, 9.17) is 4.74 Å². The SMILES string of the molecule is COCCCn1c(SCC(=O)Nc2nnc(-c3ccccc3C)s2)nnc1C1C=CN=CC1. The number of amides is 1. The lowest BCUT2D eigenvalue weighted by Crippen LogP contribution is -2.15. The van der Waals surface area contributed by atoms with Crippen LogP contribution in [0.25, 0.3) is 10.6 Å². The summed E-state index contributed by atoms with van der Waals surface area (Å²) in [6, 6.07) is 7.97. The number of carbonyl (C=O) groups excluding carboxylic acids is 1. The number of rotatable bonds is 10. The Morgan fingerprint density at radius 1 is 1.27 bits per heavy atom. The molecule has 3 heterocycles. The van der Waals surface area contributed by atoms with Gasteiger partial charge >= 0.3 is 0 Å². The van der Waals surface area contributed by atoms with Crippen molar-refractivity contribution in [3.63, 3.8) is 0 Å². The van der Waals surface area contributed by atoms with Crippen LogP contribution in [0.5, 0.6) is 0 Å². The van der Waals surface area contributed by atoms with Gasteiger partial charge in [-0.3, -0.25) is 15.1 Å². The van der Waals surface area contributed by atoms with Crippen molar-refractivity contribution in [2.24, 2.45) is 4.99 Å². The number of carbonyl (C=O) groups is 1. The molecule has 3 aromatic rings. The van der Waals surface area contributed by atoms with Gasteiger partial charge in [-0.15, -0.1) is 20.4 Å². The third kappa shape index (κ3) is 5.92. The van der Waals surface area contributed by atoms with Crippen LogP contribution in [0.4, 0.5) is 5.13 Å². The van der Waals surface area contributed by atoms with Gasteiger partial charge in [0.15, 0.2) is 5.16 Å². The van der Waals surface area contributed by atoms with Crippen LogP contribution in [-0.4, -0.2) is 56.6 Å². The molecule has 1 unspecified atom stereocenters. The second kappa shape index (κ2) is 11.3. The number of hydrogen-bond acceptors (Lipinski definition) is 9. The average molecular weight is 484 g/mol. The minimum absolute atomic E-state index is 0.127. The number of nitrogens with zero attached hydrogens (tertiary/aromatic N) is 6. The van der Waals surface area contributed by atoms with Crippen molar-refractivity contribution in [2.75, 3.05) is 24.8 Å². The molecule has 33 heavy (non-hydrogen) atoms. The van der Waals surface area contributed by atoms with Crippen molar-refractivity contribution in [3.8, 4) is 10.6 Å². The predicted molar refractivity (Wildman–Crippen MR) is 131 cm³/mol. The summed E-state index contributed by atoms with van der Waals surface area (Å²) in [5, 5.41) is 21.9. The quantitative estimate of drug-likeness (QED) is 0.344. The van der Waals surface area contributed by atoms with E-state index in [9.17, 15) is 4.79 Å². The molecule has 0 fully saturated rings. The number of aliphatic imine (C=N–C) groups is 1. The molecule has 1 amide bonds. The first-order valence-corrected chi connectivity index (χ1v) is 12.4. The van der Waals surface area contributed by atoms with Crippen molar-refractivity contribution in [3.05, 3.63) is 47.9 Å². The van der Waals surface area contributed by atoms with Crippen LogP contribution >= 0.6 is 23.1 Å². The first kappa shape index (κ1) is 23.3. The first-order chi connectivity index (χ1) is 16.2. The number of aromatic nitrogens is 5. The highest BCUT2D eigenvalue weighted by Crippen LogP contribution is 2.29. The molecule has 0 radical (unpaired) electrons. The van der Waals surface area contributed by atoms with Gasteiger partial charge in [-0.05, 0) is 25.3 Å². The number of ether oxygens (including phenoxy) is 1. The largest absolute Gasteiger partial charge is 0.385 e. The fraction of sp³-hybridized carbons (Fsp3) is 0.364. The van der Waals surface area contributed by atoms with Crippen molar-refractivity contribution >= 4 is 40.4 Å². The normalized spacial score (nSPS) is 15.2. The lowest BCUT2D eigenvalue weighted by molar-refractivity contribution is -0.113. The average Bonchev–Trinajstić information content (AvgIpc) is 3.46. The molecule has 2 aromatic heterocycles. The zero-order valence-electron chi connectivity index (χ0n) is 18.5. The molecule has 0 aliphatic carbocycles. The van der Waals surface area contributed by atoms with Crippen LogP contribution in [0.15, 0.2) is 46.7 Å². The standard InChI is InChI=1S/C22H25N7O2S2/c1-15-6-3-4-7-17(15)20-26-27-21(33-20)24-18(30)14-32-22-28-25-19(16-8-10-23-11-9-16)29(22)12-5-13-31-2/h3-4,6-8,10-11,16H,5,9,12-14H2,1-2H3,(H,24,27,30). The molecule has 172 valence electrons. The number of aryl methyl sites for hydroxylation is 1. The zero-order chi connectivity index (χ0) is 23.0. The fourth-order valence-electron chi connectivity index (χ4n) is 3.40. The molecule has 0 saturated heterocycles. The Morgan fingerprint density at radius 2 is 2.15 bits per heavy atom. The Bertz CT molecular complexity index is 1160. The van der Waals surface area contributed by atoms with Crippen molar-refractivity contribution in [1.29, 1.82) is 0 Å². The van der Waals surface area contributed by atoms with Crippen molar-refractivity contribution in [1.82, 2.24) is 25.0 Å². The van der Waals surface area contributed by atoms with E-state index in [2.05, 4.69) is 35.3 Å². The first-order valence-electron chi connectivity index (χ1n) is 10.6. The summed E-state index contributed by atoms with van der Waals surface area (Å²) in [7, 11) is 1.69. The maximum Gasteiger partial charge on any atom is 0.236 e. The van der Waals surface area contributed by atoms with Gasteiger partial charge in [0.25, 0.3) is 0 Å². The molecule has 11 heteroatoms. The lowest BCUT2D eigenvalue weighted by atomic mass is 10.0. The molecule has 0 saturated carbocycles. The Hall–Kier alpha value is -2.89. The second-order valence-corrected chi connectivity index (χ2v) is 9.34. The molecule has 9 nitrogen and oxygen atoms in total. The number of methoxy groups -OCH3 is 1. The Morgan fingerprint density at radius 3 is 2.94 bits per heavy atom. The number of benzene rings is 1. The van der Waals surface area contributed by atoms with E-state index in [-0.39, 0.29) is 17.6 Å². The molecular weight excluding hydrogens is 458 g/mol. The monoisotopic (exact) mass is 483 g/mol. The zero-order valence-corrected chi connectivity index (χ0v) is 20.1. The van der Waals surface area contributed by atoms with Gasteiger partial charge in [-0.25, -0.2) is 0 Å². The minimum Gasteiger partial charge on any atom is -0.385 e. The fourth-order valence-corrected chi connectivity index (χ4v) is 5.02. The molecule has 1 atom stereocenters. The van der Waals surface area contributed by atoms with E-state index in [1.807, 2.05) is 43.5 Å². The summed E-state index contributed by atoms with van der Waals surface area (Å²) >= 11 is 2.72. The number of allylic oxidation sites excluding steroid dienone is 1. The Labute approximate surface area is 200 Å². The van der Waals surface area contributed by atoms with Gasteiger partial charge in [-0.1, -0.05) is 53.4 Å². The van der Waals surface area contributed by atoms with Crippen LogP contribution in [-0.2, 0) is 16.1 Å². The number of thioether (sulfide) groups is 1. The van der Waals surface area contributed by atoms with Crippen LogP contribution in [0.2, 0.25) is 0 Å². The lowest BCUT2D eigenvalue weighted by Gasteiger charge is -2.15. The molecule has 1 aliphatic heterocycles. The predicted octanol–water partition coefficient (Wildman–Crippen LogP) is 3.94. The van der Waals surface area contributed by atoms with Crippen LogP contribution in [0.1, 0.15) is 30.1 Å². The minimum atomic E-state index is -0.162. The summed E-state index contributed by atoms with van der Waals surface area (Å²) < 4.78 is 7.28. The highest BCUT2D eigenvalue weighted by Gasteiger charge is 2.21. The van der Waals surface area contributed by atoms with E-state index in [0.717, 1.165) is 41.3 Å². The Kier molecular flexibility index (Phi) is 7.97. The number of hydrogen-bond donors (Lipinski definition) is 1. The van der Waals surface area contributed by atoms with Gasteiger partial charge in [0.05, 0.1) is 5.75 Å². The van der Waals surface area contributed by atoms with Crippen LogP contribution in [0.3, 0.4) is 0 Å². The maximum atomic E-state index is 12.6. The van der Waals surface area contributed by atoms with Crippen LogP contribution < -0.4 is 5.32 Å². The summed E-state index contributed by atoms with van der Waals surface area (Å²) in [5.74, 6) is 1.04. The maximum absolute atomic E-state index is 12.6. The van der Waals surface area contributed by atoms with Gasteiger partial charge in [0, 0.05) is 44.2 Å². The molecule has 1 aromatic carbocycles. The summed E-state index contributed by atoms with van der Waals surface area (Å²) in [6.45, 7) is 3.39. The summed E-state index contributed by atoms with van der Waals surface area (Å²) in [5.41, 5.74) is 2.13. The highest BCUT2D eigenvalue weighted by molar-refractivity contribution is 7.99. The molecule has 4 rings (SSSR count). The smallest absolute Gasteiger partial charge is 0.236 e. The number of anilines is 1. The van der Waals surface area contributed by atoms with Gasteiger partial charge in [-0.2, -0.15) is 0 Å². The summed E-state index contributed by atoms with van der Waals surface area (Å²) in [6.07, 6.45) is 7.31. The van der Waals surface area contributed by atoms with E-state index < -0.39 is 0 Å². The topological polar surface area (TPSA) is 107 Å². The van der Waals surface area contributed by atoms with Crippen molar-refractivity contribution < 1.29 is 9.53 Å². The van der Waals surface area contributed by atoms with Gasteiger partial charge in [0.1, 0.15) is 10.8 Å². The van der Waals surface area contributed by atoms with Gasteiger partial charge < -0.3 is 9.30 Å².